The Morgan fingerprint density at radius 2 is 2.16 bits per heavy atom. The third-order valence-corrected chi connectivity index (χ3v) is 3.19. The molecule has 0 saturated heterocycles. The van der Waals surface area contributed by atoms with Gasteiger partial charge in [-0.3, -0.25) is 0 Å². The van der Waals surface area contributed by atoms with Crippen LogP contribution in [0.3, 0.4) is 0 Å². The molecule has 0 atom stereocenters. The second-order valence-electron chi connectivity index (χ2n) is 4.54. The second kappa shape index (κ2) is 6.95. The molecule has 4 nitrogen and oxygen atoms in total. The average molecular weight is 259 g/mol. The van der Waals surface area contributed by atoms with Crippen molar-refractivity contribution in [1.82, 2.24) is 9.55 Å². The molecule has 2 rings (SSSR count). The molecular formula is C15H21N3O. The monoisotopic (exact) mass is 259 g/mol. The molecule has 0 amide bonds. The van der Waals surface area contributed by atoms with E-state index in [1.807, 2.05) is 12.4 Å². The highest BCUT2D eigenvalue weighted by Gasteiger charge is 2.03. The zero-order valence-electron chi connectivity index (χ0n) is 11.6. The summed E-state index contributed by atoms with van der Waals surface area (Å²) in [6.07, 6.45) is 4.85. The zero-order valence-corrected chi connectivity index (χ0v) is 11.6. The van der Waals surface area contributed by atoms with E-state index in [9.17, 15) is 0 Å². The summed E-state index contributed by atoms with van der Waals surface area (Å²) >= 11 is 0. The molecule has 0 spiro atoms. The number of methoxy groups -OCH3 is 1. The molecule has 1 heterocycles. The highest BCUT2D eigenvalue weighted by Crippen LogP contribution is 2.11. The lowest BCUT2D eigenvalue weighted by Crippen LogP contribution is -2.13. The molecule has 102 valence electrons. The molecule has 0 aliphatic carbocycles. The maximum absolute atomic E-state index is 5.03. The van der Waals surface area contributed by atoms with E-state index in [2.05, 4.69) is 46.1 Å². The summed E-state index contributed by atoms with van der Waals surface area (Å²) < 4.78 is 7.17. The van der Waals surface area contributed by atoms with Crippen molar-refractivity contribution in [2.45, 2.75) is 19.9 Å². The van der Waals surface area contributed by atoms with Gasteiger partial charge >= 0.3 is 0 Å². The van der Waals surface area contributed by atoms with Crippen LogP contribution < -0.4 is 5.32 Å². The lowest BCUT2D eigenvalue weighted by Gasteiger charge is -2.10. The van der Waals surface area contributed by atoms with Gasteiger partial charge in [-0.1, -0.05) is 24.3 Å². The van der Waals surface area contributed by atoms with E-state index in [1.54, 1.807) is 7.11 Å². The van der Waals surface area contributed by atoms with Gasteiger partial charge in [-0.2, -0.15) is 0 Å². The molecule has 0 bridgehead atoms. The fourth-order valence-electron chi connectivity index (χ4n) is 2.05. The van der Waals surface area contributed by atoms with E-state index in [0.717, 1.165) is 25.5 Å². The van der Waals surface area contributed by atoms with Crippen molar-refractivity contribution in [2.24, 2.45) is 0 Å². The molecule has 0 aliphatic rings. The predicted molar refractivity (Wildman–Crippen MR) is 77.5 cm³/mol. The molecule has 1 aromatic carbocycles. The summed E-state index contributed by atoms with van der Waals surface area (Å²) in [5, 5.41) is 3.27. The van der Waals surface area contributed by atoms with Gasteiger partial charge in [0.1, 0.15) is 0 Å². The van der Waals surface area contributed by atoms with Crippen LogP contribution in [0.1, 0.15) is 11.1 Å². The Morgan fingerprint density at radius 1 is 1.32 bits per heavy atom. The minimum atomic E-state index is 0.685. The van der Waals surface area contributed by atoms with Gasteiger partial charge in [-0.05, 0) is 24.5 Å². The molecule has 1 N–H and O–H groups in total. The molecule has 4 heteroatoms. The van der Waals surface area contributed by atoms with Crippen LogP contribution in [-0.4, -0.2) is 29.8 Å². The largest absolute Gasteiger partial charge is 0.383 e. The fourth-order valence-corrected chi connectivity index (χ4v) is 2.05. The van der Waals surface area contributed by atoms with E-state index in [0.29, 0.717) is 6.61 Å². The lowest BCUT2D eigenvalue weighted by atomic mass is 10.1. The molecular weight excluding hydrogens is 238 g/mol. The number of benzene rings is 1. The number of aryl methyl sites for hydroxylation is 3. The van der Waals surface area contributed by atoms with Crippen molar-refractivity contribution in [3.05, 3.63) is 47.8 Å². The molecule has 2 aromatic rings. The van der Waals surface area contributed by atoms with Gasteiger partial charge in [0.05, 0.1) is 6.61 Å². The molecule has 1 aromatic heterocycles. The molecule has 0 unspecified atom stereocenters. The first-order chi connectivity index (χ1) is 9.31. The molecule has 0 radical (unpaired) electrons. The van der Waals surface area contributed by atoms with Crippen LogP contribution in [0.4, 0.5) is 5.95 Å². The van der Waals surface area contributed by atoms with Crippen molar-refractivity contribution in [1.29, 1.82) is 0 Å². The van der Waals surface area contributed by atoms with Crippen LogP contribution in [0.15, 0.2) is 36.7 Å². The summed E-state index contributed by atoms with van der Waals surface area (Å²) in [6, 6.07) is 8.51. The number of hydrogen-bond acceptors (Lipinski definition) is 3. The number of ether oxygens (including phenoxy) is 1. The molecule has 0 aliphatic heterocycles. The van der Waals surface area contributed by atoms with Crippen LogP contribution in [0.5, 0.6) is 0 Å². The lowest BCUT2D eigenvalue weighted by molar-refractivity contribution is 0.210. The standard InChI is InChI=1S/C15H21N3O/c1-13-5-3-4-6-14(13)7-10-18-11-8-16-15(18)17-9-12-19-2/h3-6,8,11H,7,9-10,12H2,1-2H3,(H,16,17). The average Bonchev–Trinajstić information content (AvgIpc) is 2.86. The number of rotatable bonds is 7. The molecule has 19 heavy (non-hydrogen) atoms. The highest BCUT2D eigenvalue weighted by atomic mass is 16.5. The summed E-state index contributed by atoms with van der Waals surface area (Å²) in [5.74, 6) is 0.908. The number of nitrogens with zero attached hydrogens (tertiary/aromatic N) is 2. The fraction of sp³-hybridized carbons (Fsp3) is 0.400. The van der Waals surface area contributed by atoms with Crippen LogP contribution in [0.2, 0.25) is 0 Å². The SMILES string of the molecule is COCCNc1nccn1CCc1ccccc1C. The van der Waals surface area contributed by atoms with E-state index in [-0.39, 0.29) is 0 Å². The third-order valence-electron chi connectivity index (χ3n) is 3.19. The van der Waals surface area contributed by atoms with E-state index in [4.69, 9.17) is 4.74 Å². The third kappa shape index (κ3) is 3.83. The van der Waals surface area contributed by atoms with Crippen molar-refractivity contribution < 1.29 is 4.74 Å². The van der Waals surface area contributed by atoms with Gasteiger partial charge in [0, 0.05) is 32.6 Å². The normalized spacial score (nSPS) is 10.6. The first-order valence-corrected chi connectivity index (χ1v) is 6.59. The van der Waals surface area contributed by atoms with E-state index >= 15 is 0 Å². The van der Waals surface area contributed by atoms with Crippen molar-refractivity contribution in [3.63, 3.8) is 0 Å². The van der Waals surface area contributed by atoms with Gasteiger partial charge in [0.25, 0.3) is 0 Å². The van der Waals surface area contributed by atoms with Gasteiger partial charge in [0.15, 0.2) is 0 Å². The summed E-state index contributed by atoms with van der Waals surface area (Å²) in [6.45, 7) is 4.55. The molecule has 0 saturated carbocycles. The van der Waals surface area contributed by atoms with Crippen molar-refractivity contribution in [3.8, 4) is 0 Å². The second-order valence-corrected chi connectivity index (χ2v) is 4.54. The minimum absolute atomic E-state index is 0.685. The van der Waals surface area contributed by atoms with Crippen molar-refractivity contribution in [2.75, 3.05) is 25.6 Å². The van der Waals surface area contributed by atoms with Crippen LogP contribution in [0, 0.1) is 6.92 Å². The van der Waals surface area contributed by atoms with Crippen LogP contribution >= 0.6 is 0 Å². The predicted octanol–water partition coefficient (Wildman–Crippen LogP) is 2.49. The number of hydrogen-bond donors (Lipinski definition) is 1. The quantitative estimate of drug-likeness (QED) is 0.776. The number of anilines is 1. The Morgan fingerprint density at radius 3 is 2.95 bits per heavy atom. The Hall–Kier alpha value is -1.81. The smallest absolute Gasteiger partial charge is 0.202 e. The number of nitrogens with one attached hydrogen (secondary N) is 1. The summed E-state index contributed by atoms with van der Waals surface area (Å²) in [5.41, 5.74) is 2.73. The van der Waals surface area contributed by atoms with Crippen molar-refractivity contribution >= 4 is 5.95 Å². The topological polar surface area (TPSA) is 39.1 Å². The maximum Gasteiger partial charge on any atom is 0.202 e. The highest BCUT2D eigenvalue weighted by molar-refractivity contribution is 5.28. The summed E-state index contributed by atoms with van der Waals surface area (Å²) in [7, 11) is 1.70. The van der Waals surface area contributed by atoms with Gasteiger partial charge in [-0.25, -0.2) is 4.98 Å². The first kappa shape index (κ1) is 13.6. The first-order valence-electron chi connectivity index (χ1n) is 6.59. The Bertz CT molecular complexity index is 508. The van der Waals surface area contributed by atoms with Crippen LogP contribution in [-0.2, 0) is 17.7 Å². The van der Waals surface area contributed by atoms with Gasteiger partial charge in [-0.15, -0.1) is 0 Å². The summed E-state index contributed by atoms with van der Waals surface area (Å²) in [4.78, 5) is 4.32. The Kier molecular flexibility index (Phi) is 4.98. The number of aromatic nitrogens is 2. The van der Waals surface area contributed by atoms with E-state index in [1.165, 1.54) is 11.1 Å². The number of imidazole rings is 1. The Labute approximate surface area is 114 Å². The minimum Gasteiger partial charge on any atom is -0.383 e. The maximum atomic E-state index is 5.03. The zero-order chi connectivity index (χ0) is 13.5. The molecule has 0 fully saturated rings. The van der Waals surface area contributed by atoms with Gasteiger partial charge in [0.2, 0.25) is 5.95 Å². The van der Waals surface area contributed by atoms with E-state index < -0.39 is 0 Å². The van der Waals surface area contributed by atoms with Gasteiger partial charge < -0.3 is 14.6 Å². The Balaban J connectivity index is 1.93. The van der Waals surface area contributed by atoms with Crippen LogP contribution in [0.25, 0.3) is 0 Å².